The SMILES string of the molecule is COCCOC(=O)c1c(C)n(CCSc2ccccc2)c2c1cc(O)c1ccccc12. The van der Waals surface area contributed by atoms with E-state index in [4.69, 9.17) is 9.47 Å². The van der Waals surface area contributed by atoms with Crippen LogP contribution in [0.25, 0.3) is 21.7 Å². The Kier molecular flexibility index (Phi) is 6.49. The van der Waals surface area contributed by atoms with Gasteiger partial charge in [-0.25, -0.2) is 4.79 Å². The summed E-state index contributed by atoms with van der Waals surface area (Å²) in [4.78, 5) is 14.1. The van der Waals surface area contributed by atoms with Crippen LogP contribution in [-0.4, -0.2) is 41.7 Å². The Morgan fingerprint density at radius 1 is 1.00 bits per heavy atom. The highest BCUT2D eigenvalue weighted by Gasteiger charge is 2.23. The lowest BCUT2D eigenvalue weighted by molar-refractivity contribution is 0.0389. The molecule has 0 atom stereocenters. The van der Waals surface area contributed by atoms with Crippen molar-refractivity contribution in [3.63, 3.8) is 0 Å². The topological polar surface area (TPSA) is 60.7 Å². The average molecular weight is 436 g/mol. The van der Waals surface area contributed by atoms with E-state index in [0.717, 1.165) is 34.3 Å². The van der Waals surface area contributed by atoms with E-state index in [0.29, 0.717) is 17.6 Å². The van der Waals surface area contributed by atoms with Crippen molar-refractivity contribution < 1.29 is 19.4 Å². The van der Waals surface area contributed by atoms with Crippen LogP contribution in [0.15, 0.2) is 65.6 Å². The van der Waals surface area contributed by atoms with Crippen LogP contribution in [-0.2, 0) is 16.0 Å². The fraction of sp³-hybridized carbons (Fsp3) is 0.240. The van der Waals surface area contributed by atoms with Crippen LogP contribution in [0, 0.1) is 6.92 Å². The first kappa shape index (κ1) is 21.3. The number of hydrogen-bond acceptors (Lipinski definition) is 5. The van der Waals surface area contributed by atoms with E-state index in [1.165, 1.54) is 4.90 Å². The van der Waals surface area contributed by atoms with Crippen molar-refractivity contribution >= 4 is 39.4 Å². The Bertz CT molecular complexity index is 1220. The zero-order chi connectivity index (χ0) is 21.8. The van der Waals surface area contributed by atoms with Gasteiger partial charge in [-0.1, -0.05) is 42.5 Å². The molecule has 1 heterocycles. The van der Waals surface area contributed by atoms with Crippen molar-refractivity contribution in [2.24, 2.45) is 0 Å². The van der Waals surface area contributed by atoms with Crippen LogP contribution in [0.3, 0.4) is 0 Å². The Balaban J connectivity index is 1.78. The molecule has 0 saturated carbocycles. The van der Waals surface area contributed by atoms with Crippen molar-refractivity contribution in [3.8, 4) is 5.75 Å². The molecule has 0 saturated heterocycles. The fourth-order valence-electron chi connectivity index (χ4n) is 3.92. The van der Waals surface area contributed by atoms with Crippen LogP contribution in [0.4, 0.5) is 0 Å². The number of esters is 1. The number of methoxy groups -OCH3 is 1. The minimum Gasteiger partial charge on any atom is -0.507 e. The molecule has 0 radical (unpaired) electrons. The van der Waals surface area contributed by atoms with Gasteiger partial charge in [0.05, 0.1) is 17.7 Å². The van der Waals surface area contributed by atoms with Gasteiger partial charge in [0, 0.05) is 46.2 Å². The molecule has 0 amide bonds. The number of carbonyl (C=O) groups is 1. The second-order valence-corrected chi connectivity index (χ2v) is 8.41. The normalized spacial score (nSPS) is 11.3. The van der Waals surface area contributed by atoms with Gasteiger partial charge in [0.1, 0.15) is 12.4 Å². The van der Waals surface area contributed by atoms with Crippen molar-refractivity contribution in [3.05, 3.63) is 71.9 Å². The number of benzene rings is 3. The Hall–Kier alpha value is -2.96. The second-order valence-electron chi connectivity index (χ2n) is 7.24. The van der Waals surface area contributed by atoms with Crippen LogP contribution in [0.5, 0.6) is 5.75 Å². The van der Waals surface area contributed by atoms with Crippen molar-refractivity contribution in [1.82, 2.24) is 4.57 Å². The molecule has 31 heavy (non-hydrogen) atoms. The molecule has 0 aliphatic carbocycles. The maximum absolute atomic E-state index is 12.9. The quantitative estimate of drug-likeness (QED) is 0.228. The summed E-state index contributed by atoms with van der Waals surface area (Å²) in [6.45, 7) is 3.18. The standard InChI is InChI=1S/C25H25NO4S/c1-17-23(25(28)30-14-13-29-2)21-16-22(27)19-10-6-7-11-20(19)24(21)26(17)12-15-31-18-8-4-3-5-9-18/h3-11,16,27H,12-15H2,1-2H3. The summed E-state index contributed by atoms with van der Waals surface area (Å²) in [5.74, 6) is 0.607. The molecular formula is C25H25NO4S. The van der Waals surface area contributed by atoms with E-state index in [-0.39, 0.29) is 12.4 Å². The third-order valence-corrected chi connectivity index (χ3v) is 6.34. The molecule has 0 fully saturated rings. The molecular weight excluding hydrogens is 410 g/mol. The number of thioether (sulfide) groups is 1. The number of hydrogen-bond donors (Lipinski definition) is 1. The van der Waals surface area contributed by atoms with Gasteiger partial charge in [0.15, 0.2) is 0 Å². The Morgan fingerprint density at radius 2 is 1.71 bits per heavy atom. The van der Waals surface area contributed by atoms with Gasteiger partial charge in [0.25, 0.3) is 0 Å². The first-order chi connectivity index (χ1) is 15.1. The lowest BCUT2D eigenvalue weighted by Crippen LogP contribution is -2.11. The van der Waals surface area contributed by atoms with E-state index in [2.05, 4.69) is 16.7 Å². The smallest absolute Gasteiger partial charge is 0.340 e. The first-order valence-electron chi connectivity index (χ1n) is 10.2. The Morgan fingerprint density at radius 3 is 2.45 bits per heavy atom. The number of ether oxygens (including phenoxy) is 2. The molecule has 5 nitrogen and oxygen atoms in total. The highest BCUT2D eigenvalue weighted by molar-refractivity contribution is 7.99. The maximum Gasteiger partial charge on any atom is 0.340 e. The summed E-state index contributed by atoms with van der Waals surface area (Å²) < 4.78 is 12.6. The maximum atomic E-state index is 12.9. The molecule has 0 unspecified atom stereocenters. The molecule has 3 aromatic carbocycles. The summed E-state index contributed by atoms with van der Waals surface area (Å²) in [5.41, 5.74) is 2.27. The van der Waals surface area contributed by atoms with Gasteiger partial charge in [-0.15, -0.1) is 11.8 Å². The van der Waals surface area contributed by atoms with Gasteiger partial charge >= 0.3 is 5.97 Å². The summed E-state index contributed by atoms with van der Waals surface area (Å²) in [5, 5.41) is 13.0. The molecule has 1 aromatic heterocycles. The molecule has 160 valence electrons. The van der Waals surface area contributed by atoms with Gasteiger partial charge < -0.3 is 19.1 Å². The third kappa shape index (κ3) is 4.27. The number of aromatic hydroxyl groups is 1. The van der Waals surface area contributed by atoms with E-state index in [1.54, 1.807) is 24.9 Å². The number of phenolic OH excluding ortho intramolecular Hbond substituents is 1. The van der Waals surface area contributed by atoms with Crippen molar-refractivity contribution in [1.29, 1.82) is 0 Å². The Labute approximate surface area is 185 Å². The lowest BCUT2D eigenvalue weighted by Gasteiger charge is -2.11. The minimum atomic E-state index is -0.399. The van der Waals surface area contributed by atoms with Gasteiger partial charge in [-0.05, 0) is 25.1 Å². The number of aryl methyl sites for hydroxylation is 1. The molecule has 6 heteroatoms. The third-order valence-electron chi connectivity index (χ3n) is 5.35. The number of nitrogens with zero attached hydrogens (tertiary/aromatic N) is 1. The van der Waals surface area contributed by atoms with E-state index in [1.807, 2.05) is 49.4 Å². The van der Waals surface area contributed by atoms with E-state index >= 15 is 0 Å². The number of aromatic nitrogens is 1. The molecule has 0 aliphatic heterocycles. The zero-order valence-corrected chi connectivity index (χ0v) is 18.4. The highest BCUT2D eigenvalue weighted by atomic mass is 32.2. The molecule has 0 bridgehead atoms. The average Bonchev–Trinajstić information content (AvgIpc) is 3.06. The number of phenols is 1. The van der Waals surface area contributed by atoms with Crippen LogP contribution >= 0.6 is 11.8 Å². The summed E-state index contributed by atoms with van der Waals surface area (Å²) in [6, 6.07) is 19.7. The van der Waals surface area contributed by atoms with Gasteiger partial charge in [-0.3, -0.25) is 0 Å². The minimum absolute atomic E-state index is 0.157. The number of carbonyl (C=O) groups excluding carboxylic acids is 1. The predicted molar refractivity (Wildman–Crippen MR) is 125 cm³/mol. The fourth-order valence-corrected chi connectivity index (χ4v) is 4.78. The monoisotopic (exact) mass is 435 g/mol. The molecule has 1 N–H and O–H groups in total. The molecule has 0 spiro atoms. The van der Waals surface area contributed by atoms with Crippen molar-refractivity contribution in [2.45, 2.75) is 18.4 Å². The predicted octanol–water partition coefficient (Wildman–Crippen LogP) is 5.40. The van der Waals surface area contributed by atoms with Gasteiger partial charge in [-0.2, -0.15) is 0 Å². The van der Waals surface area contributed by atoms with Crippen LogP contribution in [0.1, 0.15) is 16.1 Å². The largest absolute Gasteiger partial charge is 0.507 e. The van der Waals surface area contributed by atoms with Crippen LogP contribution < -0.4 is 0 Å². The highest BCUT2D eigenvalue weighted by Crippen LogP contribution is 2.38. The second kappa shape index (κ2) is 9.45. The van der Waals surface area contributed by atoms with Crippen LogP contribution in [0.2, 0.25) is 0 Å². The summed E-state index contributed by atoms with van der Waals surface area (Å²) >= 11 is 1.77. The number of rotatable bonds is 8. The van der Waals surface area contributed by atoms with Gasteiger partial charge in [0.2, 0.25) is 0 Å². The van der Waals surface area contributed by atoms with E-state index < -0.39 is 5.97 Å². The molecule has 0 aliphatic rings. The zero-order valence-electron chi connectivity index (χ0n) is 17.6. The first-order valence-corrected chi connectivity index (χ1v) is 11.2. The summed E-state index contributed by atoms with van der Waals surface area (Å²) in [6.07, 6.45) is 0. The van der Waals surface area contributed by atoms with Crippen molar-refractivity contribution in [2.75, 3.05) is 26.1 Å². The molecule has 4 aromatic rings. The number of fused-ring (bicyclic) bond motifs is 3. The van der Waals surface area contributed by atoms with E-state index in [9.17, 15) is 9.90 Å². The lowest BCUT2D eigenvalue weighted by atomic mass is 10.0. The molecule has 4 rings (SSSR count). The summed E-state index contributed by atoms with van der Waals surface area (Å²) in [7, 11) is 1.57.